The minimum Gasteiger partial charge on any atom is -0.335 e. The molecule has 8 rings (SSSR count). The third-order valence-corrected chi connectivity index (χ3v) is 13.6. The zero-order valence-electron chi connectivity index (χ0n) is 34.2. The van der Waals surface area contributed by atoms with E-state index in [0.717, 1.165) is 0 Å². The van der Waals surface area contributed by atoms with Crippen molar-refractivity contribution in [2.75, 3.05) is 9.80 Å². The molecule has 0 spiro atoms. The predicted octanol–water partition coefficient (Wildman–Crippen LogP) is 11.2. The van der Waals surface area contributed by atoms with Crippen molar-refractivity contribution >= 4 is 51.5 Å². The number of fused-ring (bicyclic) bond motifs is 7. The number of rotatable bonds is 1. The van der Waals surface area contributed by atoms with Gasteiger partial charge in [-0.1, -0.05) is 139 Å². The summed E-state index contributed by atoms with van der Waals surface area (Å²) in [6.45, 7) is 33.9. The van der Waals surface area contributed by atoms with Gasteiger partial charge >= 0.3 is 0 Å². The smallest absolute Gasteiger partial charge is 0.252 e. The first kappa shape index (κ1) is 34.6. The number of anilines is 5. The molecule has 0 radical (unpaired) electrons. The maximum atomic E-state index is 2.89. The number of benzene rings is 4. The fourth-order valence-electron chi connectivity index (χ4n) is 10.1. The molecule has 3 aliphatic heterocycles. The lowest BCUT2D eigenvalue weighted by atomic mass is 9.33. The minimum absolute atomic E-state index is 0.00143. The van der Waals surface area contributed by atoms with Crippen LogP contribution < -0.4 is 26.2 Å². The van der Waals surface area contributed by atoms with Crippen molar-refractivity contribution in [2.24, 2.45) is 0 Å². The number of hydrogen-bond acceptors (Lipinski definition) is 2. The molecule has 0 saturated heterocycles. The molecule has 266 valence electrons. The second-order valence-corrected chi connectivity index (χ2v) is 21.1. The molecule has 51 heavy (non-hydrogen) atoms. The molecule has 2 atom stereocenters. The number of hydrogen-bond donors (Lipinski definition) is 0. The summed E-state index contributed by atoms with van der Waals surface area (Å²) in [5.41, 5.74) is 18.7. The highest BCUT2D eigenvalue weighted by Gasteiger charge is 2.61. The molecule has 3 heterocycles. The predicted molar refractivity (Wildman–Crippen MR) is 223 cm³/mol. The fraction of sp³-hybridized carbons (Fsp3) is 0.500. The standard InChI is InChI=1S/C48H61BN2/c1-43(2,3)30-18-17-19-34(24-30)50-38-27-31(44(4,5)6)20-21-36(38)49-37-26-32(45(7,8)9)25-35-42(37)51(48(14)23-16-15-22-47(35,48)13)40-29-33(46(10,11)12)28-39(50)41(40)49/h17-21,24-29H,15-16,22-23H2,1-14H3. The Morgan fingerprint density at radius 2 is 1.12 bits per heavy atom. The van der Waals surface area contributed by atoms with E-state index in [1.807, 2.05) is 0 Å². The van der Waals surface area contributed by atoms with Gasteiger partial charge in [-0.3, -0.25) is 0 Å². The lowest BCUT2D eigenvalue weighted by molar-refractivity contribution is 0.195. The van der Waals surface area contributed by atoms with Gasteiger partial charge in [0.2, 0.25) is 0 Å². The van der Waals surface area contributed by atoms with E-state index in [1.165, 1.54) is 92.8 Å². The molecule has 0 bridgehead atoms. The summed E-state index contributed by atoms with van der Waals surface area (Å²) in [5, 5.41) is 0. The van der Waals surface area contributed by atoms with Gasteiger partial charge in [0, 0.05) is 33.9 Å². The lowest BCUT2D eigenvalue weighted by Gasteiger charge is -2.53. The van der Waals surface area contributed by atoms with E-state index in [2.05, 4.69) is 173 Å². The van der Waals surface area contributed by atoms with E-state index in [1.54, 1.807) is 5.56 Å². The van der Waals surface area contributed by atoms with E-state index in [0.29, 0.717) is 0 Å². The minimum atomic E-state index is -0.0107. The molecule has 2 nitrogen and oxygen atoms in total. The SMILES string of the molecule is CC(C)(C)c1cccc(N2c3cc(C(C)(C)C)ccc3B3c4cc(C(C)(C)C)cc5c4N(c4cc(C(C)(C)C)cc2c43)C2(C)CCCCC52C)c1. The van der Waals surface area contributed by atoms with Crippen LogP contribution >= 0.6 is 0 Å². The van der Waals surface area contributed by atoms with Crippen LogP contribution in [0.1, 0.15) is 150 Å². The molecule has 1 saturated carbocycles. The van der Waals surface area contributed by atoms with Gasteiger partial charge in [-0.15, -0.1) is 0 Å². The Bertz CT molecular complexity index is 2090. The maximum Gasteiger partial charge on any atom is 0.252 e. The van der Waals surface area contributed by atoms with Crippen molar-refractivity contribution in [3.63, 3.8) is 0 Å². The highest BCUT2D eigenvalue weighted by Crippen LogP contribution is 2.62. The Labute approximate surface area is 310 Å². The van der Waals surface area contributed by atoms with Crippen LogP contribution in [0.25, 0.3) is 0 Å². The molecule has 4 aliphatic rings. The highest BCUT2D eigenvalue weighted by atomic mass is 15.3. The Morgan fingerprint density at radius 1 is 0.549 bits per heavy atom. The Kier molecular flexibility index (Phi) is 7.18. The molecule has 4 aromatic carbocycles. The maximum absolute atomic E-state index is 2.89. The quantitative estimate of drug-likeness (QED) is 0.163. The molecule has 0 amide bonds. The average Bonchev–Trinajstić information content (AvgIpc) is 3.24. The van der Waals surface area contributed by atoms with Crippen LogP contribution in [0.5, 0.6) is 0 Å². The first-order valence-electron chi connectivity index (χ1n) is 19.8. The summed E-state index contributed by atoms with van der Waals surface area (Å²) < 4.78 is 0. The van der Waals surface area contributed by atoms with Gasteiger partial charge in [-0.05, 0) is 116 Å². The van der Waals surface area contributed by atoms with Crippen LogP contribution in [0.15, 0.2) is 66.7 Å². The molecule has 4 aromatic rings. The first-order chi connectivity index (χ1) is 23.6. The summed E-state index contributed by atoms with van der Waals surface area (Å²) in [7, 11) is 0. The van der Waals surface area contributed by atoms with Crippen LogP contribution in [-0.2, 0) is 27.1 Å². The summed E-state index contributed by atoms with van der Waals surface area (Å²) >= 11 is 0. The lowest BCUT2D eigenvalue weighted by Crippen LogP contribution is -2.64. The second-order valence-electron chi connectivity index (χ2n) is 21.1. The zero-order chi connectivity index (χ0) is 36.8. The molecule has 3 heteroatoms. The largest absolute Gasteiger partial charge is 0.335 e. The van der Waals surface area contributed by atoms with Gasteiger partial charge < -0.3 is 9.80 Å². The summed E-state index contributed by atoms with van der Waals surface area (Å²) in [4.78, 5) is 5.55. The van der Waals surface area contributed by atoms with Gasteiger partial charge in [-0.2, -0.15) is 0 Å². The Morgan fingerprint density at radius 3 is 1.76 bits per heavy atom. The molecule has 0 N–H and O–H groups in total. The van der Waals surface area contributed by atoms with Gasteiger partial charge in [0.15, 0.2) is 0 Å². The van der Waals surface area contributed by atoms with Crippen molar-refractivity contribution in [1.29, 1.82) is 0 Å². The summed E-state index contributed by atoms with van der Waals surface area (Å²) in [6, 6.07) is 27.3. The molecular formula is C48H61BN2. The van der Waals surface area contributed by atoms with Gasteiger partial charge in [0.1, 0.15) is 0 Å². The third kappa shape index (κ3) is 4.88. The molecule has 1 aliphatic carbocycles. The second kappa shape index (κ2) is 10.6. The van der Waals surface area contributed by atoms with E-state index in [4.69, 9.17) is 0 Å². The van der Waals surface area contributed by atoms with E-state index < -0.39 is 0 Å². The van der Waals surface area contributed by atoms with E-state index in [9.17, 15) is 0 Å². The van der Waals surface area contributed by atoms with Crippen LogP contribution in [0.3, 0.4) is 0 Å². The molecular weight excluding hydrogens is 615 g/mol. The van der Waals surface area contributed by atoms with Gasteiger partial charge in [0.05, 0.1) is 5.54 Å². The van der Waals surface area contributed by atoms with Crippen molar-refractivity contribution < 1.29 is 0 Å². The monoisotopic (exact) mass is 676 g/mol. The van der Waals surface area contributed by atoms with Crippen LogP contribution in [0.4, 0.5) is 28.4 Å². The van der Waals surface area contributed by atoms with Crippen molar-refractivity contribution in [3.05, 3.63) is 94.5 Å². The zero-order valence-corrected chi connectivity index (χ0v) is 34.2. The molecule has 0 aromatic heterocycles. The van der Waals surface area contributed by atoms with E-state index in [-0.39, 0.29) is 39.3 Å². The van der Waals surface area contributed by atoms with Crippen LogP contribution in [0, 0.1) is 0 Å². The van der Waals surface area contributed by atoms with Gasteiger partial charge in [-0.25, -0.2) is 0 Å². The average molecular weight is 677 g/mol. The van der Waals surface area contributed by atoms with Crippen LogP contribution in [-0.4, -0.2) is 12.3 Å². The first-order valence-corrected chi connectivity index (χ1v) is 19.8. The topological polar surface area (TPSA) is 6.48 Å². The summed E-state index contributed by atoms with van der Waals surface area (Å²) in [5.74, 6) is 0. The third-order valence-electron chi connectivity index (χ3n) is 13.6. The Balaban J connectivity index is 1.55. The fourth-order valence-corrected chi connectivity index (χ4v) is 10.1. The Hall–Kier alpha value is -3.46. The molecule has 2 unspecified atom stereocenters. The number of nitrogens with zero attached hydrogens (tertiary/aromatic N) is 2. The highest BCUT2D eigenvalue weighted by molar-refractivity contribution is 7.00. The normalized spacial score (nSPS) is 22.4. The molecule has 1 fully saturated rings. The van der Waals surface area contributed by atoms with Crippen molar-refractivity contribution in [2.45, 2.75) is 155 Å². The van der Waals surface area contributed by atoms with Gasteiger partial charge in [0.25, 0.3) is 6.71 Å². The van der Waals surface area contributed by atoms with E-state index >= 15 is 0 Å². The van der Waals surface area contributed by atoms with Crippen molar-refractivity contribution in [1.82, 2.24) is 0 Å². The summed E-state index contributed by atoms with van der Waals surface area (Å²) in [6.07, 6.45) is 5.04. The van der Waals surface area contributed by atoms with Crippen molar-refractivity contribution in [3.8, 4) is 0 Å². The van der Waals surface area contributed by atoms with Crippen LogP contribution in [0.2, 0.25) is 0 Å².